The molecule has 0 aliphatic carbocycles. The fraction of sp³-hybridized carbons (Fsp3) is 0.176. The molecule has 2 heterocycles. The van der Waals surface area contributed by atoms with E-state index in [0.717, 1.165) is 29.1 Å². The fourth-order valence-electron chi connectivity index (χ4n) is 2.28. The van der Waals surface area contributed by atoms with E-state index >= 15 is 0 Å². The monoisotopic (exact) mass is 295 g/mol. The smallest absolute Gasteiger partial charge is 0.0979 e. The number of pyridine rings is 1. The van der Waals surface area contributed by atoms with Crippen LogP contribution in [0.5, 0.6) is 0 Å². The Balaban J connectivity index is 1.93. The van der Waals surface area contributed by atoms with Crippen molar-refractivity contribution in [3.05, 3.63) is 70.3 Å². The standard InChI is InChI=1S/C17H17N3S/c18-9-8-15-17(14-7-4-10-19-12-14)20-16(21-15)11-13-5-2-1-3-6-13/h1-7,10,12H,8-9,11,18H2. The van der Waals surface area contributed by atoms with Crippen LogP contribution in [0.2, 0.25) is 0 Å². The first-order valence-corrected chi connectivity index (χ1v) is 7.81. The summed E-state index contributed by atoms with van der Waals surface area (Å²) in [6.45, 7) is 0.639. The third kappa shape index (κ3) is 3.35. The molecule has 3 nitrogen and oxygen atoms in total. The van der Waals surface area contributed by atoms with Crippen molar-refractivity contribution in [2.24, 2.45) is 5.73 Å². The molecule has 21 heavy (non-hydrogen) atoms. The van der Waals surface area contributed by atoms with Crippen molar-refractivity contribution in [1.82, 2.24) is 9.97 Å². The van der Waals surface area contributed by atoms with E-state index < -0.39 is 0 Å². The van der Waals surface area contributed by atoms with Crippen LogP contribution in [0.1, 0.15) is 15.4 Å². The minimum absolute atomic E-state index is 0.639. The molecule has 3 aromatic rings. The summed E-state index contributed by atoms with van der Waals surface area (Å²) in [6.07, 6.45) is 5.37. The molecule has 3 rings (SSSR count). The molecule has 0 saturated heterocycles. The van der Waals surface area contributed by atoms with Gasteiger partial charge in [0.15, 0.2) is 0 Å². The molecular formula is C17H17N3S. The summed E-state index contributed by atoms with van der Waals surface area (Å²) >= 11 is 1.75. The summed E-state index contributed by atoms with van der Waals surface area (Å²) in [7, 11) is 0. The average molecular weight is 295 g/mol. The zero-order valence-electron chi connectivity index (χ0n) is 11.7. The molecule has 0 atom stereocenters. The van der Waals surface area contributed by atoms with Gasteiger partial charge in [0.1, 0.15) is 0 Å². The van der Waals surface area contributed by atoms with Gasteiger partial charge in [-0.05, 0) is 30.7 Å². The summed E-state index contributed by atoms with van der Waals surface area (Å²) in [5.41, 5.74) is 9.11. The Morgan fingerprint density at radius 1 is 1.05 bits per heavy atom. The topological polar surface area (TPSA) is 51.8 Å². The predicted octanol–water partition coefficient (Wildman–Crippen LogP) is 3.30. The van der Waals surface area contributed by atoms with E-state index in [-0.39, 0.29) is 0 Å². The van der Waals surface area contributed by atoms with Gasteiger partial charge in [-0.15, -0.1) is 11.3 Å². The summed E-state index contributed by atoms with van der Waals surface area (Å²) in [5.74, 6) is 0. The van der Waals surface area contributed by atoms with Gasteiger partial charge in [-0.25, -0.2) is 4.98 Å². The van der Waals surface area contributed by atoms with Crippen LogP contribution in [0.4, 0.5) is 0 Å². The van der Waals surface area contributed by atoms with Crippen LogP contribution in [-0.4, -0.2) is 16.5 Å². The molecule has 0 fully saturated rings. The maximum absolute atomic E-state index is 5.73. The van der Waals surface area contributed by atoms with Gasteiger partial charge in [0.05, 0.1) is 10.7 Å². The first kappa shape index (κ1) is 13.9. The lowest BCUT2D eigenvalue weighted by Crippen LogP contribution is -2.02. The summed E-state index contributed by atoms with van der Waals surface area (Å²) in [6, 6.07) is 14.4. The zero-order chi connectivity index (χ0) is 14.5. The molecule has 2 aromatic heterocycles. The minimum atomic E-state index is 0.639. The Morgan fingerprint density at radius 2 is 1.90 bits per heavy atom. The molecule has 0 unspecified atom stereocenters. The Kier molecular flexibility index (Phi) is 4.38. The van der Waals surface area contributed by atoms with Crippen molar-refractivity contribution in [1.29, 1.82) is 0 Å². The highest BCUT2D eigenvalue weighted by atomic mass is 32.1. The summed E-state index contributed by atoms with van der Waals surface area (Å²) in [4.78, 5) is 10.3. The molecule has 4 heteroatoms. The quantitative estimate of drug-likeness (QED) is 0.785. The van der Waals surface area contributed by atoms with Crippen molar-refractivity contribution in [2.45, 2.75) is 12.8 Å². The Bertz CT molecular complexity index is 693. The first-order chi connectivity index (χ1) is 10.4. The molecule has 0 amide bonds. The van der Waals surface area contributed by atoms with E-state index in [4.69, 9.17) is 10.7 Å². The summed E-state index contributed by atoms with van der Waals surface area (Å²) in [5, 5.41) is 1.13. The molecule has 1 aromatic carbocycles. The second-order valence-corrected chi connectivity index (χ2v) is 5.99. The Labute approximate surface area is 128 Å². The highest BCUT2D eigenvalue weighted by Gasteiger charge is 2.13. The summed E-state index contributed by atoms with van der Waals surface area (Å²) < 4.78 is 0. The average Bonchev–Trinajstić information content (AvgIpc) is 2.92. The van der Waals surface area contributed by atoms with E-state index in [0.29, 0.717) is 6.54 Å². The Morgan fingerprint density at radius 3 is 2.62 bits per heavy atom. The maximum Gasteiger partial charge on any atom is 0.0979 e. The normalized spacial score (nSPS) is 10.7. The van der Waals surface area contributed by atoms with E-state index in [9.17, 15) is 0 Å². The molecule has 0 aliphatic heterocycles. The third-order valence-electron chi connectivity index (χ3n) is 3.25. The number of nitrogens with zero attached hydrogens (tertiary/aromatic N) is 2. The highest BCUT2D eigenvalue weighted by Crippen LogP contribution is 2.29. The van der Waals surface area contributed by atoms with Crippen LogP contribution in [0.15, 0.2) is 54.9 Å². The maximum atomic E-state index is 5.73. The van der Waals surface area contributed by atoms with Crippen molar-refractivity contribution in [3.8, 4) is 11.3 Å². The molecule has 0 radical (unpaired) electrons. The van der Waals surface area contributed by atoms with Crippen molar-refractivity contribution in [2.75, 3.05) is 6.54 Å². The lowest BCUT2D eigenvalue weighted by atomic mass is 10.1. The van der Waals surface area contributed by atoms with Crippen LogP contribution < -0.4 is 5.73 Å². The van der Waals surface area contributed by atoms with Crippen LogP contribution in [0, 0.1) is 0 Å². The molecule has 0 spiro atoms. The second-order valence-electron chi connectivity index (χ2n) is 4.82. The number of nitrogens with two attached hydrogens (primary N) is 1. The number of aromatic nitrogens is 2. The van der Waals surface area contributed by atoms with Gasteiger partial charge < -0.3 is 5.73 Å². The zero-order valence-corrected chi connectivity index (χ0v) is 12.5. The first-order valence-electron chi connectivity index (χ1n) is 7.00. The van der Waals surface area contributed by atoms with Crippen LogP contribution in [0.25, 0.3) is 11.3 Å². The van der Waals surface area contributed by atoms with Gasteiger partial charge in [-0.1, -0.05) is 30.3 Å². The van der Waals surface area contributed by atoms with E-state index in [1.165, 1.54) is 10.4 Å². The third-order valence-corrected chi connectivity index (χ3v) is 4.36. The number of thiazole rings is 1. The molecule has 2 N–H and O–H groups in total. The van der Waals surface area contributed by atoms with E-state index in [2.05, 4.69) is 29.2 Å². The number of rotatable bonds is 5. The number of hydrogen-bond donors (Lipinski definition) is 1. The number of hydrogen-bond acceptors (Lipinski definition) is 4. The van der Waals surface area contributed by atoms with Crippen LogP contribution in [0.3, 0.4) is 0 Å². The number of benzene rings is 1. The minimum Gasteiger partial charge on any atom is -0.330 e. The van der Waals surface area contributed by atoms with Crippen LogP contribution >= 0.6 is 11.3 Å². The predicted molar refractivity (Wildman–Crippen MR) is 87.4 cm³/mol. The fourth-order valence-corrected chi connectivity index (χ4v) is 3.42. The molecule has 0 aliphatic rings. The largest absolute Gasteiger partial charge is 0.330 e. The van der Waals surface area contributed by atoms with Gasteiger partial charge in [-0.2, -0.15) is 0 Å². The lowest BCUT2D eigenvalue weighted by molar-refractivity contribution is 0.985. The SMILES string of the molecule is NCCc1sc(Cc2ccccc2)nc1-c1cccnc1. The van der Waals surface area contributed by atoms with E-state index in [1.807, 2.05) is 24.4 Å². The molecular weight excluding hydrogens is 278 g/mol. The van der Waals surface area contributed by atoms with Crippen LogP contribution in [-0.2, 0) is 12.8 Å². The van der Waals surface area contributed by atoms with Crippen molar-refractivity contribution < 1.29 is 0 Å². The van der Waals surface area contributed by atoms with Gasteiger partial charge in [0.2, 0.25) is 0 Å². The van der Waals surface area contributed by atoms with Gasteiger partial charge >= 0.3 is 0 Å². The van der Waals surface area contributed by atoms with Gasteiger partial charge in [-0.3, -0.25) is 4.98 Å². The second kappa shape index (κ2) is 6.61. The molecule has 0 saturated carbocycles. The van der Waals surface area contributed by atoms with Crippen molar-refractivity contribution >= 4 is 11.3 Å². The van der Waals surface area contributed by atoms with Crippen molar-refractivity contribution in [3.63, 3.8) is 0 Å². The Hall–Kier alpha value is -2.04. The van der Waals surface area contributed by atoms with E-state index in [1.54, 1.807) is 17.5 Å². The molecule has 106 valence electrons. The van der Waals surface area contributed by atoms with Gasteiger partial charge in [0.25, 0.3) is 0 Å². The molecule has 0 bridgehead atoms. The lowest BCUT2D eigenvalue weighted by Gasteiger charge is -1.99. The van der Waals surface area contributed by atoms with Gasteiger partial charge in [0, 0.05) is 29.3 Å². The highest BCUT2D eigenvalue weighted by molar-refractivity contribution is 7.12.